The lowest BCUT2D eigenvalue weighted by Gasteiger charge is -2.17. The molecule has 0 radical (unpaired) electrons. The summed E-state index contributed by atoms with van der Waals surface area (Å²) in [7, 11) is 0. The van der Waals surface area contributed by atoms with Gasteiger partial charge in [-0.05, 0) is 43.2 Å². The van der Waals surface area contributed by atoms with Crippen LogP contribution in [0.5, 0.6) is 0 Å². The highest BCUT2D eigenvalue weighted by Crippen LogP contribution is 2.28. The number of benzene rings is 1. The van der Waals surface area contributed by atoms with Crippen molar-refractivity contribution in [1.29, 1.82) is 0 Å². The third-order valence-corrected chi connectivity index (χ3v) is 5.42. The Hall–Kier alpha value is -2.93. The van der Waals surface area contributed by atoms with Crippen LogP contribution >= 0.6 is 0 Å². The molecule has 1 aromatic heterocycles. The van der Waals surface area contributed by atoms with Crippen LogP contribution in [-0.4, -0.2) is 23.1 Å². The lowest BCUT2D eigenvalue weighted by atomic mass is 9.92. The SMILES string of the molecule is CCC(=O)Nc1cc(CN=C2C(=C(C)N)CNC(c3ccc[nH]3)CC2C)ccc1F. The van der Waals surface area contributed by atoms with Crippen molar-refractivity contribution < 1.29 is 9.18 Å². The zero-order valence-corrected chi connectivity index (χ0v) is 17.8. The maximum Gasteiger partial charge on any atom is 0.224 e. The molecular formula is C23H30FN5O. The highest BCUT2D eigenvalue weighted by Gasteiger charge is 2.27. The van der Waals surface area contributed by atoms with Gasteiger partial charge in [-0.15, -0.1) is 0 Å². The maximum atomic E-state index is 14.0. The molecule has 0 saturated carbocycles. The van der Waals surface area contributed by atoms with Gasteiger partial charge < -0.3 is 21.4 Å². The number of carbonyl (C=O) groups excluding carboxylic acids is 1. The van der Waals surface area contributed by atoms with Crippen LogP contribution in [0.2, 0.25) is 0 Å². The van der Waals surface area contributed by atoms with E-state index in [0.717, 1.165) is 34.7 Å². The van der Waals surface area contributed by atoms with E-state index in [2.05, 4.69) is 28.6 Å². The number of nitrogens with one attached hydrogen (secondary N) is 3. The number of halogens is 1. The molecule has 0 aliphatic carbocycles. The van der Waals surface area contributed by atoms with Crippen molar-refractivity contribution in [2.24, 2.45) is 16.6 Å². The number of nitrogens with two attached hydrogens (primary N) is 1. The Morgan fingerprint density at radius 3 is 2.83 bits per heavy atom. The molecule has 2 atom stereocenters. The summed E-state index contributed by atoms with van der Waals surface area (Å²) < 4.78 is 14.0. The highest BCUT2D eigenvalue weighted by molar-refractivity contribution is 6.02. The van der Waals surface area contributed by atoms with Crippen molar-refractivity contribution in [3.05, 3.63) is 64.9 Å². The number of amides is 1. The minimum absolute atomic E-state index is 0.188. The molecule has 1 fully saturated rings. The number of aliphatic imine (C=N–C) groups is 1. The van der Waals surface area contributed by atoms with E-state index in [9.17, 15) is 9.18 Å². The highest BCUT2D eigenvalue weighted by atomic mass is 19.1. The third-order valence-electron chi connectivity index (χ3n) is 5.42. The van der Waals surface area contributed by atoms with Crippen LogP contribution in [0, 0.1) is 11.7 Å². The number of hydrogen-bond donors (Lipinski definition) is 4. The first-order valence-electron chi connectivity index (χ1n) is 10.3. The third kappa shape index (κ3) is 5.16. The summed E-state index contributed by atoms with van der Waals surface area (Å²) in [6, 6.07) is 8.98. The van der Waals surface area contributed by atoms with Crippen LogP contribution in [0.1, 0.15) is 50.9 Å². The first-order chi connectivity index (χ1) is 14.4. The number of rotatable bonds is 5. The summed E-state index contributed by atoms with van der Waals surface area (Å²) in [4.78, 5) is 19.8. The molecule has 2 heterocycles. The molecule has 30 heavy (non-hydrogen) atoms. The van der Waals surface area contributed by atoms with E-state index in [0.29, 0.717) is 19.5 Å². The summed E-state index contributed by atoms with van der Waals surface area (Å²) in [5.41, 5.74) is 11.1. The summed E-state index contributed by atoms with van der Waals surface area (Å²) in [5.74, 6) is -0.478. The average molecular weight is 412 g/mol. The van der Waals surface area contributed by atoms with Gasteiger partial charge >= 0.3 is 0 Å². The second-order valence-corrected chi connectivity index (χ2v) is 7.77. The van der Waals surface area contributed by atoms with Crippen molar-refractivity contribution in [2.45, 2.75) is 46.2 Å². The van der Waals surface area contributed by atoms with Crippen molar-refractivity contribution in [1.82, 2.24) is 10.3 Å². The molecule has 1 aromatic carbocycles. The van der Waals surface area contributed by atoms with Gasteiger partial charge in [-0.25, -0.2) is 4.39 Å². The van der Waals surface area contributed by atoms with E-state index in [4.69, 9.17) is 10.7 Å². The summed E-state index contributed by atoms with van der Waals surface area (Å²) in [6.45, 7) is 6.80. The molecule has 0 bridgehead atoms. The van der Waals surface area contributed by atoms with Crippen molar-refractivity contribution in [3.8, 4) is 0 Å². The lowest BCUT2D eigenvalue weighted by Crippen LogP contribution is -2.23. The van der Waals surface area contributed by atoms with E-state index >= 15 is 0 Å². The van der Waals surface area contributed by atoms with Crippen LogP contribution in [0.4, 0.5) is 10.1 Å². The molecule has 2 unspecified atom stereocenters. The molecule has 2 aromatic rings. The maximum absolute atomic E-state index is 14.0. The predicted molar refractivity (Wildman–Crippen MR) is 119 cm³/mol. The first kappa shape index (κ1) is 21.8. The van der Waals surface area contributed by atoms with Gasteiger partial charge in [0, 0.05) is 53.8 Å². The van der Waals surface area contributed by atoms with E-state index in [1.54, 1.807) is 19.1 Å². The molecule has 6 nitrogen and oxygen atoms in total. The monoisotopic (exact) mass is 411 g/mol. The van der Waals surface area contributed by atoms with E-state index in [1.807, 2.05) is 19.2 Å². The predicted octanol–water partition coefficient (Wildman–Crippen LogP) is 4.05. The largest absolute Gasteiger partial charge is 0.402 e. The van der Waals surface area contributed by atoms with Crippen molar-refractivity contribution in [3.63, 3.8) is 0 Å². The number of nitrogens with zero attached hydrogens (tertiary/aromatic N) is 1. The zero-order chi connectivity index (χ0) is 21.7. The Kier molecular flexibility index (Phi) is 7.05. The smallest absolute Gasteiger partial charge is 0.224 e. The first-order valence-corrected chi connectivity index (χ1v) is 10.3. The Bertz CT molecular complexity index is 945. The normalized spacial score (nSPS) is 22.6. The minimum Gasteiger partial charge on any atom is -0.402 e. The molecule has 160 valence electrons. The van der Waals surface area contributed by atoms with Crippen LogP contribution in [-0.2, 0) is 11.3 Å². The number of hydrogen-bond acceptors (Lipinski definition) is 4. The van der Waals surface area contributed by atoms with Crippen molar-refractivity contribution >= 4 is 17.3 Å². The lowest BCUT2D eigenvalue weighted by molar-refractivity contribution is -0.115. The Morgan fingerprint density at radius 1 is 1.37 bits per heavy atom. The standard InChI is InChI=1S/C23H30FN5O/c1-4-22(30)29-20-11-16(7-8-18(20)24)12-28-23-14(2)10-21(19-6-5-9-26-19)27-13-17(23)15(3)25/h5-9,11,14,21,26-27H,4,10,12-13,25H2,1-3H3,(H,29,30). The number of aromatic amines is 1. The van der Waals surface area contributed by atoms with Gasteiger partial charge in [-0.2, -0.15) is 0 Å². The molecule has 1 saturated heterocycles. The fourth-order valence-electron chi connectivity index (χ4n) is 3.73. The van der Waals surface area contributed by atoms with Crippen LogP contribution in [0.25, 0.3) is 0 Å². The molecule has 1 amide bonds. The average Bonchev–Trinajstić information content (AvgIpc) is 3.20. The van der Waals surface area contributed by atoms with Crippen LogP contribution < -0.4 is 16.4 Å². The van der Waals surface area contributed by atoms with Gasteiger partial charge in [0.1, 0.15) is 5.82 Å². The Morgan fingerprint density at radius 2 is 2.17 bits per heavy atom. The van der Waals surface area contributed by atoms with Gasteiger partial charge in [0.2, 0.25) is 5.91 Å². The molecule has 1 aliphatic heterocycles. The number of H-pyrrole nitrogens is 1. The van der Waals surface area contributed by atoms with E-state index in [-0.39, 0.29) is 23.6 Å². The van der Waals surface area contributed by atoms with Gasteiger partial charge in [0.15, 0.2) is 0 Å². The van der Waals surface area contributed by atoms with Gasteiger partial charge in [-0.3, -0.25) is 9.79 Å². The van der Waals surface area contributed by atoms with E-state index in [1.165, 1.54) is 6.07 Å². The number of anilines is 1. The summed E-state index contributed by atoms with van der Waals surface area (Å²) in [6.07, 6.45) is 3.11. The zero-order valence-electron chi connectivity index (χ0n) is 17.8. The molecule has 3 rings (SSSR count). The molecule has 7 heteroatoms. The van der Waals surface area contributed by atoms with Gasteiger partial charge in [0.25, 0.3) is 0 Å². The van der Waals surface area contributed by atoms with Crippen LogP contribution in [0.15, 0.2) is 52.8 Å². The van der Waals surface area contributed by atoms with E-state index < -0.39 is 5.82 Å². The molecule has 0 spiro atoms. The fourth-order valence-corrected chi connectivity index (χ4v) is 3.73. The Labute approximate surface area is 176 Å². The quantitative estimate of drug-likeness (QED) is 0.598. The number of carbonyl (C=O) groups is 1. The second kappa shape index (κ2) is 9.71. The summed E-state index contributed by atoms with van der Waals surface area (Å²) >= 11 is 0. The van der Waals surface area contributed by atoms with Gasteiger partial charge in [-0.1, -0.05) is 19.9 Å². The fraction of sp³-hybridized carbons (Fsp3) is 0.391. The number of allylic oxidation sites excluding steroid dienone is 1. The Balaban J connectivity index is 1.84. The number of aromatic nitrogens is 1. The summed E-state index contributed by atoms with van der Waals surface area (Å²) in [5, 5.41) is 6.17. The topological polar surface area (TPSA) is 95.3 Å². The minimum atomic E-state index is -0.451. The molecule has 1 aliphatic rings. The second-order valence-electron chi connectivity index (χ2n) is 7.77. The van der Waals surface area contributed by atoms with Gasteiger partial charge in [0.05, 0.1) is 12.2 Å². The van der Waals surface area contributed by atoms with Crippen LogP contribution in [0.3, 0.4) is 0 Å². The van der Waals surface area contributed by atoms with Crippen molar-refractivity contribution in [2.75, 3.05) is 11.9 Å². The molecular weight excluding hydrogens is 381 g/mol. The molecule has 5 N–H and O–H groups in total.